The Hall–Kier alpha value is -4.08. The Labute approximate surface area is 250 Å². The Morgan fingerprint density at radius 1 is 0.415 bits per heavy atom. The zero-order valence-corrected chi connectivity index (χ0v) is 24.7. The summed E-state index contributed by atoms with van der Waals surface area (Å²) in [4.78, 5) is 0. The third-order valence-corrected chi connectivity index (χ3v) is 11.8. The van der Waals surface area contributed by atoms with Gasteiger partial charge in [0.2, 0.25) is 0 Å². The first-order valence-corrected chi connectivity index (χ1v) is 17.2. The molecule has 0 aliphatic carbocycles. The fourth-order valence-electron chi connectivity index (χ4n) is 5.09. The molecule has 0 spiro atoms. The maximum Gasteiger partial charge on any atom is 0.131 e. The van der Waals surface area contributed by atoms with Crippen LogP contribution in [0.1, 0.15) is 0 Å². The van der Waals surface area contributed by atoms with Crippen molar-refractivity contribution in [2.45, 2.75) is 0 Å². The lowest BCUT2D eigenvalue weighted by molar-refractivity contribution is 0.479. The number of rotatable bonds is 6. The van der Waals surface area contributed by atoms with Gasteiger partial charge in [-0.2, -0.15) is 0 Å². The zero-order chi connectivity index (χ0) is 28.4. The lowest BCUT2D eigenvalue weighted by atomic mass is 9.97. The van der Waals surface area contributed by atoms with Crippen LogP contribution in [0.3, 0.4) is 0 Å². The van der Waals surface area contributed by atoms with E-state index in [0.717, 1.165) is 32.9 Å². The molecule has 6 aromatic carbocycles. The summed E-state index contributed by atoms with van der Waals surface area (Å²) in [5.41, 5.74) is 6.40. The van der Waals surface area contributed by atoms with Gasteiger partial charge >= 0.3 is 0 Å². The van der Waals surface area contributed by atoms with E-state index in [1.807, 2.05) is 146 Å². The van der Waals surface area contributed by atoms with Crippen molar-refractivity contribution in [2.24, 2.45) is 0 Å². The first-order chi connectivity index (χ1) is 19.9. The molecule has 6 rings (SSSR count). The highest BCUT2D eigenvalue weighted by molar-refractivity contribution is 8.68. The van der Waals surface area contributed by atoms with Gasteiger partial charge in [-0.1, -0.05) is 133 Å². The Morgan fingerprint density at radius 3 is 0.854 bits per heavy atom. The molecule has 5 heteroatoms. The molecule has 0 aliphatic rings. The van der Waals surface area contributed by atoms with Gasteiger partial charge in [0.1, 0.15) is 11.5 Å². The maximum absolute atomic E-state index is 11.5. The Bertz CT molecular complexity index is 1620. The highest BCUT2D eigenvalue weighted by Crippen LogP contribution is 2.53. The summed E-state index contributed by atoms with van der Waals surface area (Å²) in [5.74, 6) is 0.408. The summed E-state index contributed by atoms with van der Waals surface area (Å²) >= 11 is 11.6. The monoisotopic (exact) mass is 586 g/mol. The molecule has 0 atom stereocenters. The molecule has 0 heterocycles. The van der Waals surface area contributed by atoms with E-state index >= 15 is 0 Å². The van der Waals surface area contributed by atoms with Gasteiger partial charge in [-0.25, -0.2) is 0 Å². The molecular formula is C36H27O2PS2. The van der Waals surface area contributed by atoms with Crippen LogP contribution in [0, 0.1) is 0 Å². The molecule has 0 aromatic heterocycles. The van der Waals surface area contributed by atoms with Crippen LogP contribution < -0.4 is 10.6 Å². The second-order valence-corrected chi connectivity index (χ2v) is 16.3. The van der Waals surface area contributed by atoms with Crippen LogP contribution in [0.5, 0.6) is 11.5 Å². The number of phenols is 2. The van der Waals surface area contributed by atoms with Crippen LogP contribution in [-0.2, 0) is 11.8 Å². The van der Waals surface area contributed by atoms with Crippen LogP contribution in [0.25, 0.3) is 44.5 Å². The molecule has 2 N–H and O–H groups in total. The fourth-order valence-corrected chi connectivity index (χ4v) is 7.93. The Kier molecular flexibility index (Phi) is 7.55. The number of aromatic hydroxyl groups is 2. The van der Waals surface area contributed by atoms with Gasteiger partial charge in [-0.15, -0.1) is 12.2 Å². The highest BCUT2D eigenvalue weighted by atomic mass is 32.9. The van der Waals surface area contributed by atoms with Crippen LogP contribution in [0.2, 0.25) is 0 Å². The summed E-state index contributed by atoms with van der Waals surface area (Å²) in [6.45, 7) is 0. The predicted molar refractivity (Wildman–Crippen MR) is 180 cm³/mol. The molecule has 6 aromatic rings. The van der Waals surface area contributed by atoms with Crippen molar-refractivity contribution in [1.29, 1.82) is 0 Å². The molecular weight excluding hydrogens is 560 g/mol. The molecule has 200 valence electrons. The van der Waals surface area contributed by atoms with Gasteiger partial charge < -0.3 is 10.2 Å². The summed E-state index contributed by atoms with van der Waals surface area (Å²) in [7, 11) is 0. The molecule has 0 fully saturated rings. The summed E-state index contributed by atoms with van der Waals surface area (Å²) in [6.07, 6.45) is 0. The number of phenolic OH excluding ortho intramolecular Hbond substituents is 2. The summed E-state index contributed by atoms with van der Waals surface area (Å²) in [6, 6.07) is 47.2. The summed E-state index contributed by atoms with van der Waals surface area (Å²) < 4.78 is 0. The van der Waals surface area contributed by atoms with Crippen molar-refractivity contribution in [3.63, 3.8) is 0 Å². The molecule has 0 unspecified atom stereocenters. The first kappa shape index (κ1) is 27.1. The van der Waals surface area contributed by atoms with Crippen molar-refractivity contribution in [3.05, 3.63) is 146 Å². The molecule has 0 saturated carbocycles. The van der Waals surface area contributed by atoms with Crippen molar-refractivity contribution >= 4 is 39.9 Å². The molecule has 0 radical (unpaired) electrons. The minimum atomic E-state index is -2.72. The quantitative estimate of drug-likeness (QED) is 0.135. The van der Waals surface area contributed by atoms with Gasteiger partial charge in [0.15, 0.2) is 0 Å². The minimum Gasteiger partial charge on any atom is -0.507 e. The van der Waals surface area contributed by atoms with Crippen LogP contribution in [0.15, 0.2) is 146 Å². The van der Waals surface area contributed by atoms with E-state index in [2.05, 4.69) is 0 Å². The second-order valence-electron chi connectivity index (χ2n) is 9.82. The lowest BCUT2D eigenvalue weighted by Gasteiger charge is -2.23. The molecule has 41 heavy (non-hydrogen) atoms. The average Bonchev–Trinajstić information content (AvgIpc) is 3.03. The van der Waals surface area contributed by atoms with E-state index in [1.54, 1.807) is 0 Å². The van der Waals surface area contributed by atoms with Crippen molar-refractivity contribution in [3.8, 4) is 56.0 Å². The first-order valence-electron chi connectivity index (χ1n) is 13.2. The van der Waals surface area contributed by atoms with E-state index in [0.29, 0.717) is 22.3 Å². The smallest absolute Gasteiger partial charge is 0.131 e. The van der Waals surface area contributed by atoms with Gasteiger partial charge in [0.25, 0.3) is 0 Å². The average molecular weight is 587 g/mol. The van der Waals surface area contributed by atoms with E-state index in [1.165, 1.54) is 0 Å². The van der Waals surface area contributed by atoms with E-state index in [4.69, 9.17) is 24.1 Å². The maximum atomic E-state index is 11.5. The fraction of sp³-hybridized carbons (Fsp3) is 0. The van der Waals surface area contributed by atoms with Crippen LogP contribution in [-0.4, -0.2) is 10.2 Å². The Balaban J connectivity index is 1.61. The number of hydrogen-bond donors (Lipinski definition) is 3. The number of benzene rings is 6. The third kappa shape index (κ3) is 5.35. The molecule has 0 aliphatic heterocycles. The SMILES string of the molecule is Oc1c(-c2ccccc2)cc(P(=S)(S)c2cc(-c3ccccc3)c(O)c(-c3ccccc3)c2)cc1-c1ccccc1. The topological polar surface area (TPSA) is 40.5 Å². The van der Waals surface area contributed by atoms with E-state index in [9.17, 15) is 10.2 Å². The lowest BCUT2D eigenvalue weighted by Crippen LogP contribution is -2.14. The van der Waals surface area contributed by atoms with Crippen molar-refractivity contribution in [2.75, 3.05) is 0 Å². The Morgan fingerprint density at radius 2 is 0.634 bits per heavy atom. The summed E-state index contributed by atoms with van der Waals surface area (Å²) in [5, 5.41) is 22.0. The molecule has 0 bridgehead atoms. The number of hydrogen-bond acceptors (Lipinski definition) is 3. The molecule has 2 nitrogen and oxygen atoms in total. The molecule has 0 amide bonds. The predicted octanol–water partition coefficient (Wildman–Crippen LogP) is 9.04. The van der Waals surface area contributed by atoms with E-state index in [-0.39, 0.29) is 11.5 Å². The van der Waals surface area contributed by atoms with Gasteiger partial charge in [-0.05, 0) is 46.5 Å². The highest BCUT2D eigenvalue weighted by Gasteiger charge is 2.25. The van der Waals surface area contributed by atoms with Crippen molar-refractivity contribution in [1.82, 2.24) is 0 Å². The zero-order valence-electron chi connectivity index (χ0n) is 22.1. The van der Waals surface area contributed by atoms with Crippen molar-refractivity contribution < 1.29 is 10.2 Å². The molecule has 0 saturated heterocycles. The van der Waals surface area contributed by atoms with Crippen LogP contribution in [0.4, 0.5) is 0 Å². The van der Waals surface area contributed by atoms with E-state index < -0.39 is 5.24 Å². The van der Waals surface area contributed by atoms with Gasteiger partial charge in [0, 0.05) is 32.9 Å². The van der Waals surface area contributed by atoms with Gasteiger partial charge in [-0.3, -0.25) is 0 Å². The minimum absolute atomic E-state index is 0.204. The standard InChI is InChI=1S/C36H27O2PS2/c37-35-31(25-13-5-1-6-14-25)21-29(22-32(35)26-15-7-2-8-16-26)39(40,41)30-23-33(27-17-9-3-10-18-27)36(38)34(24-30)28-19-11-4-12-20-28/h1-24,37-38H,(H,40,41). The normalized spacial score (nSPS) is 11.3. The number of thiol groups is 1. The third-order valence-electron chi connectivity index (χ3n) is 7.23. The second kappa shape index (κ2) is 11.4. The van der Waals surface area contributed by atoms with Gasteiger partial charge in [0.05, 0.1) is 5.24 Å². The largest absolute Gasteiger partial charge is 0.507 e. The van der Waals surface area contributed by atoms with Crippen LogP contribution >= 0.6 is 17.5 Å².